The van der Waals surface area contributed by atoms with Crippen molar-refractivity contribution in [2.24, 2.45) is 5.73 Å². The maximum Gasteiger partial charge on any atom is 0.252 e. The molecule has 0 saturated heterocycles. The van der Waals surface area contributed by atoms with E-state index < -0.39 is 15.9 Å². The lowest BCUT2D eigenvalue weighted by Crippen LogP contribution is -2.30. The van der Waals surface area contributed by atoms with E-state index in [9.17, 15) is 13.2 Å². The molecule has 1 fully saturated rings. The fourth-order valence-corrected chi connectivity index (χ4v) is 4.04. The van der Waals surface area contributed by atoms with Crippen LogP contribution in [0.25, 0.3) is 0 Å². The van der Waals surface area contributed by atoms with Crippen LogP contribution in [0.5, 0.6) is 0 Å². The van der Waals surface area contributed by atoms with Gasteiger partial charge in [0.2, 0.25) is 10.0 Å². The molecule has 8 heteroatoms. The first-order valence-corrected chi connectivity index (χ1v) is 8.99. The molecule has 24 heavy (non-hydrogen) atoms. The van der Waals surface area contributed by atoms with Gasteiger partial charge in [0.15, 0.2) is 0 Å². The van der Waals surface area contributed by atoms with E-state index in [1.807, 2.05) is 0 Å². The van der Waals surface area contributed by atoms with Gasteiger partial charge in [0.05, 0.1) is 27.9 Å². The van der Waals surface area contributed by atoms with Crippen molar-refractivity contribution in [3.63, 3.8) is 0 Å². The van der Waals surface area contributed by atoms with E-state index in [1.54, 1.807) is 30.3 Å². The highest BCUT2D eigenvalue weighted by Crippen LogP contribution is 2.36. The summed E-state index contributed by atoms with van der Waals surface area (Å²) < 4.78 is 26.3. The number of carbonyl (C=O) groups excluding carboxylic acids is 1. The topological polar surface area (TPSA) is 105 Å². The van der Waals surface area contributed by atoms with Gasteiger partial charge < -0.3 is 11.1 Å². The number of hydrogen-bond donors (Lipinski definition) is 2. The van der Waals surface area contributed by atoms with Gasteiger partial charge in [-0.25, -0.2) is 8.42 Å². The molecule has 0 unspecified atom stereocenters. The Labute approximate surface area is 140 Å². The maximum atomic E-state index is 12.5. The van der Waals surface area contributed by atoms with Gasteiger partial charge >= 0.3 is 0 Å². The second-order valence-electron chi connectivity index (χ2n) is 5.64. The molecule has 7 nitrogen and oxygen atoms in total. The molecule has 1 heterocycles. The van der Waals surface area contributed by atoms with E-state index in [0.717, 1.165) is 0 Å². The van der Waals surface area contributed by atoms with Gasteiger partial charge in [-0.3, -0.25) is 14.1 Å². The summed E-state index contributed by atoms with van der Waals surface area (Å²) in [7, 11) is -1.83. The van der Waals surface area contributed by atoms with Crippen LogP contribution in [0.15, 0.2) is 42.7 Å². The van der Waals surface area contributed by atoms with Crippen LogP contribution >= 0.6 is 0 Å². The standard InChI is InChI=1S/C16H18N4O3S/c1-20(24(22,23)11-6-7-11)15-5-3-2-4-14(15)19-13-8-9-18-10-12(13)16(17)21/h2-5,8-11H,6-7H2,1H3,(H2,17,21)(H,18,19). The van der Waals surface area contributed by atoms with Crippen LogP contribution in [0.1, 0.15) is 23.2 Å². The predicted molar refractivity (Wildman–Crippen MR) is 92.8 cm³/mol. The second-order valence-corrected chi connectivity index (χ2v) is 7.88. The summed E-state index contributed by atoms with van der Waals surface area (Å²) in [6.07, 6.45) is 4.29. The highest BCUT2D eigenvalue weighted by Gasteiger charge is 2.39. The Hall–Kier alpha value is -2.61. The Morgan fingerprint density at radius 3 is 2.62 bits per heavy atom. The number of rotatable bonds is 6. The number of nitrogens with one attached hydrogen (secondary N) is 1. The lowest BCUT2D eigenvalue weighted by Gasteiger charge is -2.23. The zero-order valence-corrected chi connectivity index (χ0v) is 14.0. The van der Waals surface area contributed by atoms with E-state index in [1.165, 1.54) is 23.7 Å². The third kappa shape index (κ3) is 3.05. The van der Waals surface area contributed by atoms with E-state index in [2.05, 4.69) is 10.3 Å². The van der Waals surface area contributed by atoms with Crippen LogP contribution in [0, 0.1) is 0 Å². The van der Waals surface area contributed by atoms with Crippen LogP contribution in [0.4, 0.5) is 17.1 Å². The van der Waals surface area contributed by atoms with Gasteiger partial charge in [-0.1, -0.05) is 12.1 Å². The summed E-state index contributed by atoms with van der Waals surface area (Å²) in [6, 6.07) is 8.63. The van der Waals surface area contributed by atoms with Gasteiger partial charge in [0.25, 0.3) is 5.91 Å². The van der Waals surface area contributed by atoms with Crippen molar-refractivity contribution in [2.45, 2.75) is 18.1 Å². The SMILES string of the molecule is CN(c1ccccc1Nc1ccncc1C(N)=O)S(=O)(=O)C1CC1. The van der Waals surface area contributed by atoms with Crippen molar-refractivity contribution >= 4 is 33.0 Å². The number of anilines is 3. The largest absolute Gasteiger partial charge is 0.365 e. The second kappa shape index (κ2) is 6.12. The smallest absolute Gasteiger partial charge is 0.252 e. The number of hydrogen-bond acceptors (Lipinski definition) is 5. The molecular weight excluding hydrogens is 328 g/mol. The predicted octanol–water partition coefficient (Wildman–Crippen LogP) is 1.85. The third-order valence-corrected chi connectivity index (χ3v) is 6.20. The highest BCUT2D eigenvalue weighted by atomic mass is 32.2. The Morgan fingerprint density at radius 2 is 1.96 bits per heavy atom. The molecule has 1 aromatic heterocycles. The molecule has 1 aliphatic carbocycles. The molecule has 0 atom stereocenters. The Kier molecular flexibility index (Phi) is 4.15. The lowest BCUT2D eigenvalue weighted by molar-refractivity contribution is 0.100. The molecule has 1 amide bonds. The molecule has 1 saturated carbocycles. The molecule has 0 bridgehead atoms. The van der Waals surface area contributed by atoms with Crippen molar-refractivity contribution < 1.29 is 13.2 Å². The summed E-state index contributed by atoms with van der Waals surface area (Å²) in [5.41, 5.74) is 7.15. The number of nitrogens with two attached hydrogens (primary N) is 1. The molecular formula is C16H18N4O3S. The number of aromatic nitrogens is 1. The average Bonchev–Trinajstić information content (AvgIpc) is 3.40. The molecule has 0 aliphatic heterocycles. The van der Waals surface area contributed by atoms with Gasteiger partial charge in [-0.15, -0.1) is 0 Å². The highest BCUT2D eigenvalue weighted by molar-refractivity contribution is 7.93. The quantitative estimate of drug-likeness (QED) is 0.830. The van der Waals surface area contributed by atoms with Gasteiger partial charge in [0.1, 0.15) is 0 Å². The van der Waals surface area contributed by atoms with Crippen LogP contribution in [0.2, 0.25) is 0 Å². The number of para-hydroxylation sites is 2. The monoisotopic (exact) mass is 346 g/mol. The van der Waals surface area contributed by atoms with E-state index in [0.29, 0.717) is 29.9 Å². The third-order valence-electron chi connectivity index (χ3n) is 3.93. The van der Waals surface area contributed by atoms with Crippen LogP contribution < -0.4 is 15.4 Å². The zero-order chi connectivity index (χ0) is 17.3. The normalized spacial score (nSPS) is 14.2. The first-order valence-electron chi connectivity index (χ1n) is 7.49. The van der Waals surface area contributed by atoms with Gasteiger partial charge in [-0.2, -0.15) is 0 Å². The number of amides is 1. The number of primary amides is 1. The fourth-order valence-electron chi connectivity index (χ4n) is 2.43. The minimum absolute atomic E-state index is 0.236. The van der Waals surface area contributed by atoms with Crippen molar-refractivity contribution in [2.75, 3.05) is 16.7 Å². The summed E-state index contributed by atoms with van der Waals surface area (Å²) in [6.45, 7) is 0. The molecule has 1 aliphatic rings. The molecule has 0 radical (unpaired) electrons. The average molecular weight is 346 g/mol. The van der Waals surface area contributed by atoms with E-state index >= 15 is 0 Å². The lowest BCUT2D eigenvalue weighted by atomic mass is 10.2. The fraction of sp³-hybridized carbons (Fsp3) is 0.250. The number of carbonyl (C=O) groups is 1. The summed E-state index contributed by atoms with van der Waals surface area (Å²) >= 11 is 0. The van der Waals surface area contributed by atoms with Crippen LogP contribution in [-0.2, 0) is 10.0 Å². The van der Waals surface area contributed by atoms with Crippen LogP contribution in [-0.4, -0.2) is 31.6 Å². The number of nitrogens with zero attached hydrogens (tertiary/aromatic N) is 2. The number of sulfonamides is 1. The van der Waals surface area contributed by atoms with E-state index in [-0.39, 0.29) is 10.8 Å². The first-order chi connectivity index (χ1) is 11.4. The Bertz CT molecular complexity index is 878. The molecule has 1 aromatic carbocycles. The van der Waals surface area contributed by atoms with Crippen LogP contribution in [0.3, 0.4) is 0 Å². The van der Waals surface area contributed by atoms with Gasteiger partial charge in [-0.05, 0) is 31.0 Å². The van der Waals surface area contributed by atoms with Crippen molar-refractivity contribution in [1.29, 1.82) is 0 Å². The summed E-state index contributed by atoms with van der Waals surface area (Å²) in [5.74, 6) is -0.609. The molecule has 0 spiro atoms. The molecule has 3 N–H and O–H groups in total. The minimum Gasteiger partial charge on any atom is -0.365 e. The molecule has 2 aromatic rings. The summed E-state index contributed by atoms with van der Waals surface area (Å²) in [5, 5.41) is 2.78. The Balaban J connectivity index is 1.97. The van der Waals surface area contributed by atoms with Crippen molar-refractivity contribution in [3.8, 4) is 0 Å². The molecule has 126 valence electrons. The van der Waals surface area contributed by atoms with Gasteiger partial charge in [0, 0.05) is 19.4 Å². The van der Waals surface area contributed by atoms with E-state index in [4.69, 9.17) is 5.73 Å². The van der Waals surface area contributed by atoms with Crippen molar-refractivity contribution in [1.82, 2.24) is 4.98 Å². The minimum atomic E-state index is -3.37. The number of benzene rings is 1. The zero-order valence-electron chi connectivity index (χ0n) is 13.1. The first kappa shape index (κ1) is 16.3. The maximum absolute atomic E-state index is 12.5. The number of pyridine rings is 1. The van der Waals surface area contributed by atoms with Crippen molar-refractivity contribution in [3.05, 3.63) is 48.3 Å². The Morgan fingerprint density at radius 1 is 1.25 bits per heavy atom. The summed E-state index contributed by atoms with van der Waals surface area (Å²) in [4.78, 5) is 15.4. The molecule has 3 rings (SSSR count).